The van der Waals surface area contributed by atoms with Gasteiger partial charge in [-0.1, -0.05) is 42.5 Å². The van der Waals surface area contributed by atoms with E-state index < -0.39 is 0 Å². The molecule has 2 aromatic rings. The zero-order valence-corrected chi connectivity index (χ0v) is 11.9. The van der Waals surface area contributed by atoms with Crippen LogP contribution in [0.3, 0.4) is 0 Å². The maximum absolute atomic E-state index is 11.4. The second-order valence-corrected chi connectivity index (χ2v) is 4.96. The molecule has 110 valence electrons. The molecule has 0 bridgehead atoms. The predicted molar refractivity (Wildman–Crippen MR) is 81.9 cm³/mol. The molecule has 0 aliphatic heterocycles. The van der Waals surface area contributed by atoms with E-state index in [9.17, 15) is 4.79 Å². The molecule has 2 aromatic carbocycles. The second-order valence-electron chi connectivity index (χ2n) is 4.96. The van der Waals surface area contributed by atoms with Gasteiger partial charge in [0.15, 0.2) is 0 Å². The average Bonchev–Trinajstić information content (AvgIpc) is 2.53. The van der Waals surface area contributed by atoms with Crippen LogP contribution in [0.25, 0.3) is 0 Å². The van der Waals surface area contributed by atoms with Crippen LogP contribution < -0.4 is 11.0 Å². The van der Waals surface area contributed by atoms with Gasteiger partial charge in [0, 0.05) is 5.56 Å². The van der Waals surface area contributed by atoms with Gasteiger partial charge in [-0.2, -0.15) is 0 Å². The first kappa shape index (κ1) is 15.2. The Labute approximate surface area is 124 Å². The first-order valence-electron chi connectivity index (χ1n) is 7.12. The quantitative estimate of drug-likeness (QED) is 0.541. The van der Waals surface area contributed by atoms with Gasteiger partial charge in [0.25, 0.3) is 5.91 Å². The van der Waals surface area contributed by atoms with E-state index in [0.717, 1.165) is 25.7 Å². The predicted octanol–water partition coefficient (Wildman–Crippen LogP) is 2.88. The molecular formula is C17H20N2O2. The summed E-state index contributed by atoms with van der Waals surface area (Å²) < 4.78 is 0. The monoisotopic (exact) mass is 284 g/mol. The van der Waals surface area contributed by atoms with Crippen LogP contribution in [0.4, 0.5) is 0 Å². The highest BCUT2D eigenvalue weighted by Gasteiger charge is 2.03. The van der Waals surface area contributed by atoms with Crippen molar-refractivity contribution in [2.24, 2.45) is 0 Å². The average molecular weight is 284 g/mol. The molecule has 0 radical (unpaired) electrons. The van der Waals surface area contributed by atoms with Crippen molar-refractivity contribution in [3.8, 4) is 0 Å². The van der Waals surface area contributed by atoms with Crippen molar-refractivity contribution in [3.05, 3.63) is 71.3 Å². The van der Waals surface area contributed by atoms with Crippen LogP contribution in [0.2, 0.25) is 0 Å². The lowest BCUT2D eigenvalue weighted by molar-refractivity contribution is 0.0731. The number of rotatable bonds is 7. The standard InChI is InChI=1S/C17H20N2O2/c20-17(18-19-21)16-12-10-15(11-13-16)9-5-4-8-14-6-2-1-3-7-14/h1-3,6-7,10-13,19,21H,4-5,8-9H2,(H,18,20). The summed E-state index contributed by atoms with van der Waals surface area (Å²) >= 11 is 0. The minimum atomic E-state index is -0.354. The van der Waals surface area contributed by atoms with E-state index in [-0.39, 0.29) is 5.91 Å². The fourth-order valence-corrected chi connectivity index (χ4v) is 2.25. The molecule has 3 N–H and O–H groups in total. The number of hydrogen-bond donors (Lipinski definition) is 3. The van der Waals surface area contributed by atoms with Crippen LogP contribution in [0.5, 0.6) is 0 Å². The van der Waals surface area contributed by atoms with Crippen LogP contribution in [-0.2, 0) is 12.8 Å². The number of hydrazine groups is 1. The maximum atomic E-state index is 11.4. The maximum Gasteiger partial charge on any atom is 0.267 e. The molecule has 0 aliphatic rings. The van der Waals surface area contributed by atoms with Gasteiger partial charge in [-0.15, -0.1) is 5.59 Å². The van der Waals surface area contributed by atoms with Crippen molar-refractivity contribution < 1.29 is 10.0 Å². The summed E-state index contributed by atoms with van der Waals surface area (Å²) in [6.07, 6.45) is 4.38. The number of carbonyl (C=O) groups is 1. The third kappa shape index (κ3) is 5.02. The zero-order chi connectivity index (χ0) is 14.9. The molecule has 0 atom stereocenters. The van der Waals surface area contributed by atoms with Crippen molar-refractivity contribution in [3.63, 3.8) is 0 Å². The van der Waals surface area contributed by atoms with Crippen molar-refractivity contribution in [1.29, 1.82) is 0 Å². The number of nitrogens with one attached hydrogen (secondary N) is 2. The van der Waals surface area contributed by atoms with E-state index in [1.165, 1.54) is 11.1 Å². The van der Waals surface area contributed by atoms with Crippen LogP contribution in [0.15, 0.2) is 54.6 Å². The lowest BCUT2D eigenvalue weighted by Crippen LogP contribution is -2.34. The minimum Gasteiger partial charge on any atom is -0.297 e. The van der Waals surface area contributed by atoms with Crippen LogP contribution >= 0.6 is 0 Å². The van der Waals surface area contributed by atoms with Crippen LogP contribution in [0, 0.1) is 0 Å². The normalized spacial score (nSPS) is 10.3. The van der Waals surface area contributed by atoms with E-state index in [4.69, 9.17) is 5.21 Å². The summed E-state index contributed by atoms with van der Waals surface area (Å²) in [4.78, 5) is 11.4. The molecule has 0 saturated carbocycles. The Hall–Kier alpha value is -2.17. The molecule has 4 heteroatoms. The highest BCUT2D eigenvalue weighted by Crippen LogP contribution is 2.10. The number of hydrogen-bond acceptors (Lipinski definition) is 3. The van der Waals surface area contributed by atoms with Gasteiger partial charge in [-0.05, 0) is 48.9 Å². The van der Waals surface area contributed by atoms with Gasteiger partial charge in [0.1, 0.15) is 0 Å². The Balaban J connectivity index is 1.75. The Kier molecular flexibility index (Phi) is 5.94. The van der Waals surface area contributed by atoms with E-state index in [0.29, 0.717) is 5.56 Å². The summed E-state index contributed by atoms with van der Waals surface area (Å²) in [6.45, 7) is 0. The summed E-state index contributed by atoms with van der Waals surface area (Å²) in [5.41, 5.74) is 6.87. The van der Waals surface area contributed by atoms with Gasteiger partial charge in [-0.3, -0.25) is 15.4 Å². The summed E-state index contributed by atoms with van der Waals surface area (Å²) in [6, 6.07) is 17.9. The van der Waals surface area contributed by atoms with Gasteiger partial charge in [0.2, 0.25) is 0 Å². The third-order valence-corrected chi connectivity index (χ3v) is 3.41. The topological polar surface area (TPSA) is 61.4 Å². The zero-order valence-electron chi connectivity index (χ0n) is 11.9. The van der Waals surface area contributed by atoms with Crippen LogP contribution in [-0.4, -0.2) is 11.1 Å². The number of amides is 1. The summed E-state index contributed by atoms with van der Waals surface area (Å²) in [5, 5.41) is 8.41. The van der Waals surface area contributed by atoms with E-state index in [1.807, 2.05) is 18.2 Å². The number of benzene rings is 2. The lowest BCUT2D eigenvalue weighted by atomic mass is 10.0. The lowest BCUT2D eigenvalue weighted by Gasteiger charge is -2.05. The molecule has 0 spiro atoms. The first-order chi connectivity index (χ1) is 10.3. The minimum absolute atomic E-state index is 0.354. The Morgan fingerprint density at radius 1 is 0.857 bits per heavy atom. The van der Waals surface area contributed by atoms with Crippen LogP contribution in [0.1, 0.15) is 34.3 Å². The fraction of sp³-hybridized carbons (Fsp3) is 0.235. The number of unbranched alkanes of at least 4 members (excludes halogenated alkanes) is 1. The molecule has 0 unspecified atom stereocenters. The van der Waals surface area contributed by atoms with Gasteiger partial charge >= 0.3 is 0 Å². The van der Waals surface area contributed by atoms with Gasteiger partial charge in [-0.25, -0.2) is 0 Å². The van der Waals surface area contributed by atoms with Crippen molar-refractivity contribution >= 4 is 5.91 Å². The Bertz CT molecular complexity index is 553. The molecule has 0 saturated heterocycles. The Morgan fingerprint density at radius 3 is 2.00 bits per heavy atom. The summed E-state index contributed by atoms with van der Waals surface area (Å²) in [5.74, 6) is -0.354. The highest BCUT2D eigenvalue weighted by molar-refractivity contribution is 5.93. The largest absolute Gasteiger partial charge is 0.297 e. The molecular weight excluding hydrogens is 264 g/mol. The highest BCUT2D eigenvalue weighted by atomic mass is 16.5. The molecule has 2 rings (SSSR count). The third-order valence-electron chi connectivity index (χ3n) is 3.41. The van der Waals surface area contributed by atoms with Crippen molar-refractivity contribution in [2.45, 2.75) is 25.7 Å². The molecule has 0 aromatic heterocycles. The Morgan fingerprint density at radius 2 is 1.43 bits per heavy atom. The second kappa shape index (κ2) is 8.19. The molecule has 0 heterocycles. The van der Waals surface area contributed by atoms with Gasteiger partial charge < -0.3 is 0 Å². The molecule has 21 heavy (non-hydrogen) atoms. The molecule has 0 aliphatic carbocycles. The molecule has 4 nitrogen and oxygen atoms in total. The fourth-order valence-electron chi connectivity index (χ4n) is 2.25. The molecule has 1 amide bonds. The van der Waals surface area contributed by atoms with Crippen molar-refractivity contribution in [2.75, 3.05) is 0 Å². The molecule has 0 fully saturated rings. The van der Waals surface area contributed by atoms with E-state index in [2.05, 4.69) is 29.7 Å². The van der Waals surface area contributed by atoms with E-state index in [1.54, 1.807) is 17.7 Å². The van der Waals surface area contributed by atoms with Crippen molar-refractivity contribution in [1.82, 2.24) is 11.0 Å². The summed E-state index contributed by atoms with van der Waals surface area (Å²) in [7, 11) is 0. The first-order valence-corrected chi connectivity index (χ1v) is 7.12. The SMILES string of the molecule is O=C(NNO)c1ccc(CCCCc2ccccc2)cc1. The van der Waals surface area contributed by atoms with Gasteiger partial charge in [0.05, 0.1) is 0 Å². The number of carbonyl (C=O) groups excluding carboxylic acids is 1. The smallest absolute Gasteiger partial charge is 0.267 e. The number of aryl methyl sites for hydroxylation is 2. The van der Waals surface area contributed by atoms with E-state index >= 15 is 0 Å².